The predicted octanol–water partition coefficient (Wildman–Crippen LogP) is 0.596. The number of nitrogens with two attached hydrogens (primary N) is 3. The summed E-state index contributed by atoms with van der Waals surface area (Å²) >= 11 is 0. The fourth-order valence-corrected chi connectivity index (χ4v) is 2.32. The first kappa shape index (κ1) is 16.6. The third-order valence-corrected chi connectivity index (χ3v) is 3.56. The molecule has 0 saturated heterocycles. The molecular weight excluding hydrogens is 252 g/mol. The number of likely N-dealkylation sites (N-methyl/N-ethyl adjacent to an activating group) is 1. The molecule has 0 atom stereocenters. The predicted molar refractivity (Wildman–Crippen MR) is 83.3 cm³/mol. The molecule has 1 aromatic carbocycles. The number of carbonyl (C=O) groups excluding carboxylic acids is 1. The first-order valence-electron chi connectivity index (χ1n) is 7.13. The smallest absolute Gasteiger partial charge is 0.216 e. The Morgan fingerprint density at radius 3 is 2.00 bits per heavy atom. The first-order valence-corrected chi connectivity index (χ1v) is 7.13. The lowest BCUT2D eigenvalue weighted by molar-refractivity contribution is -0.901. The minimum absolute atomic E-state index is 0.140. The summed E-state index contributed by atoms with van der Waals surface area (Å²) in [5.74, 6) is 0.140. The van der Waals surface area contributed by atoms with Crippen LogP contribution in [-0.4, -0.2) is 50.0 Å². The van der Waals surface area contributed by atoms with Crippen LogP contribution in [-0.2, 0) is 0 Å². The standard InChI is InChI=1S/C15H26N4O/c1-19(10-2-8-16,11-3-9-17)12-15(20)13-4-6-14(18)7-5-13/h4-7H,2-3,8-12,16-17H2,1H3,(H-,18,20)/p+1. The van der Waals surface area contributed by atoms with Crippen molar-refractivity contribution < 1.29 is 9.28 Å². The van der Waals surface area contributed by atoms with Crippen molar-refractivity contribution in [3.63, 3.8) is 0 Å². The van der Waals surface area contributed by atoms with Crippen LogP contribution in [0.15, 0.2) is 24.3 Å². The first-order chi connectivity index (χ1) is 9.50. The summed E-state index contributed by atoms with van der Waals surface area (Å²) in [6, 6.07) is 7.09. The van der Waals surface area contributed by atoms with E-state index in [9.17, 15) is 4.79 Å². The fourth-order valence-electron chi connectivity index (χ4n) is 2.32. The van der Waals surface area contributed by atoms with Crippen LogP contribution in [0.2, 0.25) is 0 Å². The maximum Gasteiger partial charge on any atom is 0.216 e. The number of carbonyl (C=O) groups is 1. The molecule has 1 rings (SSSR count). The van der Waals surface area contributed by atoms with Crippen molar-refractivity contribution in [2.75, 3.05) is 45.5 Å². The van der Waals surface area contributed by atoms with Gasteiger partial charge >= 0.3 is 0 Å². The summed E-state index contributed by atoms with van der Waals surface area (Å²) in [7, 11) is 2.10. The van der Waals surface area contributed by atoms with Crippen molar-refractivity contribution >= 4 is 11.5 Å². The summed E-state index contributed by atoms with van der Waals surface area (Å²) in [4.78, 5) is 12.4. The number of Topliss-reactive ketones (excluding diaryl/α,β-unsaturated/α-hetero) is 1. The molecule has 0 bridgehead atoms. The van der Waals surface area contributed by atoms with E-state index in [0.29, 0.717) is 35.4 Å². The van der Waals surface area contributed by atoms with Gasteiger partial charge in [-0.1, -0.05) is 0 Å². The molecule has 0 aliphatic carbocycles. The van der Waals surface area contributed by atoms with Crippen molar-refractivity contribution in [3.8, 4) is 0 Å². The summed E-state index contributed by atoms with van der Waals surface area (Å²) in [5, 5.41) is 0. The van der Waals surface area contributed by atoms with Gasteiger partial charge in [-0.25, -0.2) is 0 Å². The second-order valence-corrected chi connectivity index (χ2v) is 5.55. The van der Waals surface area contributed by atoms with Gasteiger partial charge in [0.1, 0.15) is 6.54 Å². The van der Waals surface area contributed by atoms with E-state index in [2.05, 4.69) is 7.05 Å². The van der Waals surface area contributed by atoms with Gasteiger partial charge in [-0.05, 0) is 37.4 Å². The highest BCUT2D eigenvalue weighted by molar-refractivity contribution is 5.97. The van der Waals surface area contributed by atoms with E-state index in [0.717, 1.165) is 25.9 Å². The van der Waals surface area contributed by atoms with E-state index in [1.807, 2.05) is 0 Å². The van der Waals surface area contributed by atoms with Crippen molar-refractivity contribution in [3.05, 3.63) is 29.8 Å². The topological polar surface area (TPSA) is 95.1 Å². The average Bonchev–Trinajstić information content (AvgIpc) is 2.44. The van der Waals surface area contributed by atoms with E-state index in [1.165, 1.54) is 0 Å². The molecule has 0 saturated carbocycles. The number of rotatable bonds is 9. The lowest BCUT2D eigenvalue weighted by Crippen LogP contribution is -2.49. The Hall–Kier alpha value is -1.43. The molecule has 0 spiro atoms. The molecule has 0 unspecified atom stereocenters. The van der Waals surface area contributed by atoms with E-state index in [-0.39, 0.29) is 5.78 Å². The molecule has 0 aliphatic heterocycles. The Kier molecular flexibility index (Phi) is 6.64. The summed E-state index contributed by atoms with van der Waals surface area (Å²) in [6.07, 6.45) is 1.83. The van der Waals surface area contributed by atoms with Crippen LogP contribution in [0.1, 0.15) is 23.2 Å². The number of hydrogen-bond acceptors (Lipinski definition) is 4. The lowest BCUT2D eigenvalue weighted by atomic mass is 10.1. The molecule has 20 heavy (non-hydrogen) atoms. The Morgan fingerprint density at radius 2 is 1.55 bits per heavy atom. The zero-order chi connectivity index (χ0) is 15.0. The number of anilines is 1. The maximum absolute atomic E-state index is 12.4. The van der Waals surface area contributed by atoms with Gasteiger partial charge in [0.25, 0.3) is 0 Å². The molecule has 0 amide bonds. The molecule has 112 valence electrons. The summed E-state index contributed by atoms with van der Waals surface area (Å²) in [5.41, 5.74) is 18.2. The van der Waals surface area contributed by atoms with Crippen LogP contribution in [0, 0.1) is 0 Å². The van der Waals surface area contributed by atoms with Crippen LogP contribution >= 0.6 is 0 Å². The van der Waals surface area contributed by atoms with Gasteiger partial charge in [0.05, 0.1) is 20.1 Å². The van der Waals surface area contributed by atoms with Crippen molar-refractivity contribution in [1.82, 2.24) is 0 Å². The number of benzene rings is 1. The van der Waals surface area contributed by atoms with Crippen LogP contribution in [0.5, 0.6) is 0 Å². The lowest BCUT2D eigenvalue weighted by Gasteiger charge is -2.34. The third-order valence-electron chi connectivity index (χ3n) is 3.56. The Bertz CT molecular complexity index is 408. The number of ketones is 1. The minimum atomic E-state index is 0.140. The zero-order valence-electron chi connectivity index (χ0n) is 12.3. The largest absolute Gasteiger partial charge is 0.399 e. The van der Waals surface area contributed by atoms with Crippen molar-refractivity contribution in [2.45, 2.75) is 12.8 Å². The minimum Gasteiger partial charge on any atom is -0.399 e. The van der Waals surface area contributed by atoms with Crippen LogP contribution in [0.4, 0.5) is 5.69 Å². The third kappa shape index (κ3) is 5.28. The highest BCUT2D eigenvalue weighted by Gasteiger charge is 2.25. The van der Waals surface area contributed by atoms with Crippen molar-refractivity contribution in [1.29, 1.82) is 0 Å². The van der Waals surface area contributed by atoms with Gasteiger partial charge in [0.15, 0.2) is 0 Å². The SMILES string of the molecule is C[N+](CCCN)(CCCN)CC(=O)c1ccc(N)cc1. The number of quaternary nitrogens is 1. The van der Waals surface area contributed by atoms with E-state index in [4.69, 9.17) is 17.2 Å². The molecule has 0 aliphatic rings. The number of hydrogen-bond donors (Lipinski definition) is 3. The second-order valence-electron chi connectivity index (χ2n) is 5.55. The van der Waals surface area contributed by atoms with Crippen LogP contribution < -0.4 is 17.2 Å². The quantitative estimate of drug-likeness (QED) is 0.350. The zero-order valence-corrected chi connectivity index (χ0v) is 12.3. The molecule has 1 aromatic rings. The second kappa shape index (κ2) is 7.99. The fraction of sp³-hybridized carbons (Fsp3) is 0.533. The normalized spacial score (nSPS) is 11.6. The van der Waals surface area contributed by atoms with Crippen molar-refractivity contribution in [2.24, 2.45) is 11.5 Å². The maximum atomic E-state index is 12.4. The van der Waals surface area contributed by atoms with Gasteiger partial charge < -0.3 is 21.7 Å². The molecule has 0 fully saturated rings. The molecule has 5 nitrogen and oxygen atoms in total. The Labute approximate surface area is 121 Å². The molecule has 0 heterocycles. The summed E-state index contributed by atoms with van der Waals surface area (Å²) < 4.78 is 0.692. The van der Waals surface area contributed by atoms with E-state index >= 15 is 0 Å². The summed E-state index contributed by atoms with van der Waals surface area (Å²) in [6.45, 7) is 3.57. The number of nitrogens with zero attached hydrogens (tertiary/aromatic N) is 1. The Morgan fingerprint density at radius 1 is 1.05 bits per heavy atom. The van der Waals surface area contributed by atoms with Gasteiger partial charge in [-0.2, -0.15) is 0 Å². The van der Waals surface area contributed by atoms with E-state index in [1.54, 1.807) is 24.3 Å². The highest BCUT2D eigenvalue weighted by atomic mass is 16.1. The van der Waals surface area contributed by atoms with Crippen LogP contribution in [0.3, 0.4) is 0 Å². The number of nitrogen functional groups attached to an aromatic ring is 1. The monoisotopic (exact) mass is 279 g/mol. The van der Waals surface area contributed by atoms with Gasteiger partial charge in [-0.15, -0.1) is 0 Å². The average molecular weight is 279 g/mol. The molecule has 6 N–H and O–H groups in total. The van der Waals surface area contributed by atoms with Crippen LogP contribution in [0.25, 0.3) is 0 Å². The highest BCUT2D eigenvalue weighted by Crippen LogP contribution is 2.11. The molecule has 0 aromatic heterocycles. The van der Waals surface area contributed by atoms with E-state index < -0.39 is 0 Å². The molecule has 0 radical (unpaired) electrons. The molecule has 5 heteroatoms. The van der Waals surface area contributed by atoms with Gasteiger partial charge in [0, 0.05) is 24.1 Å². The molecular formula is C15H27N4O+. The van der Waals surface area contributed by atoms with Gasteiger partial charge in [-0.3, -0.25) is 4.79 Å². The van der Waals surface area contributed by atoms with Gasteiger partial charge in [0.2, 0.25) is 5.78 Å². The Balaban J connectivity index is 2.72.